The number of aryl methyl sites for hydroxylation is 1. The highest BCUT2D eigenvalue weighted by Gasteiger charge is 2.04. The van der Waals surface area contributed by atoms with Crippen LogP contribution in [0.15, 0.2) is 138 Å². The standard InChI is InChI=1S/C48H44O5S2/c1-4-47(49)51-28-6-8-30-54-44-24-19-38(20-25-44)10-14-39-21-27-46(36(3)32-39)53-35-41-16-12-37(13-17-41)11-15-40-18-22-43-34-45(26-23-42(43)33-40)55-31-9-7-29-52-48(50)5-2/h4-5,12-13,16-27,32-34H,1-2,6-9,28-31,35H2,3H3. The molecule has 0 aliphatic carbocycles. The number of rotatable bonds is 17. The molecule has 0 radical (unpaired) electrons. The third-order valence-electron chi connectivity index (χ3n) is 8.33. The lowest BCUT2D eigenvalue weighted by Crippen LogP contribution is -2.01. The molecule has 5 aromatic carbocycles. The van der Waals surface area contributed by atoms with Gasteiger partial charge in [0.25, 0.3) is 0 Å². The van der Waals surface area contributed by atoms with Crippen LogP contribution in [0.25, 0.3) is 10.8 Å². The largest absolute Gasteiger partial charge is 0.489 e. The van der Waals surface area contributed by atoms with Gasteiger partial charge >= 0.3 is 11.9 Å². The summed E-state index contributed by atoms with van der Waals surface area (Å²) in [5.74, 6) is 15.2. The molecule has 278 valence electrons. The molecule has 0 aliphatic heterocycles. The van der Waals surface area contributed by atoms with Crippen molar-refractivity contribution in [1.82, 2.24) is 0 Å². The van der Waals surface area contributed by atoms with Crippen molar-refractivity contribution < 1.29 is 23.8 Å². The molecule has 0 aromatic heterocycles. The van der Waals surface area contributed by atoms with Crippen molar-refractivity contribution >= 4 is 46.2 Å². The Labute approximate surface area is 333 Å². The Hall–Kier alpha value is -5.60. The molecule has 0 fully saturated rings. The highest BCUT2D eigenvalue weighted by atomic mass is 32.2. The molecular weight excluding hydrogens is 721 g/mol. The maximum Gasteiger partial charge on any atom is 0.330 e. The minimum Gasteiger partial charge on any atom is -0.489 e. The summed E-state index contributed by atoms with van der Waals surface area (Å²) in [7, 11) is 0. The smallest absolute Gasteiger partial charge is 0.330 e. The van der Waals surface area contributed by atoms with Gasteiger partial charge < -0.3 is 14.2 Å². The molecule has 55 heavy (non-hydrogen) atoms. The zero-order valence-corrected chi connectivity index (χ0v) is 32.7. The normalized spacial score (nSPS) is 10.3. The predicted molar refractivity (Wildman–Crippen MR) is 227 cm³/mol. The number of thioether (sulfide) groups is 2. The number of carbonyl (C=O) groups is 2. The van der Waals surface area contributed by atoms with Gasteiger partial charge in [-0.2, -0.15) is 0 Å². The van der Waals surface area contributed by atoms with Crippen LogP contribution in [0, 0.1) is 30.6 Å². The number of hydrogen-bond acceptors (Lipinski definition) is 7. The summed E-state index contributed by atoms with van der Waals surface area (Å²) < 4.78 is 16.2. The van der Waals surface area contributed by atoms with Crippen molar-refractivity contribution in [2.45, 2.75) is 49.0 Å². The molecule has 0 saturated carbocycles. The van der Waals surface area contributed by atoms with Crippen LogP contribution in [0.3, 0.4) is 0 Å². The van der Waals surface area contributed by atoms with Gasteiger partial charge in [-0.15, -0.1) is 23.5 Å². The van der Waals surface area contributed by atoms with E-state index in [-0.39, 0.29) is 11.9 Å². The van der Waals surface area contributed by atoms with Crippen molar-refractivity contribution in [1.29, 1.82) is 0 Å². The lowest BCUT2D eigenvalue weighted by Gasteiger charge is -2.09. The number of esters is 2. The molecule has 0 heterocycles. The first kappa shape index (κ1) is 40.6. The van der Waals surface area contributed by atoms with E-state index in [2.05, 4.69) is 104 Å². The lowest BCUT2D eigenvalue weighted by molar-refractivity contribution is -0.138. The van der Waals surface area contributed by atoms with Gasteiger partial charge in [-0.3, -0.25) is 0 Å². The molecule has 0 atom stereocenters. The number of carbonyl (C=O) groups excluding carboxylic acids is 2. The highest BCUT2D eigenvalue weighted by molar-refractivity contribution is 7.99. The molecule has 0 spiro atoms. The Balaban J connectivity index is 1.05. The average Bonchev–Trinajstić information content (AvgIpc) is 3.21. The Kier molecular flexibility index (Phi) is 16.2. The van der Waals surface area contributed by atoms with E-state index < -0.39 is 0 Å². The fourth-order valence-electron chi connectivity index (χ4n) is 5.30. The van der Waals surface area contributed by atoms with Gasteiger partial charge in [0.2, 0.25) is 0 Å². The van der Waals surface area contributed by atoms with Gasteiger partial charge in [0.15, 0.2) is 0 Å². The summed E-state index contributed by atoms with van der Waals surface area (Å²) in [4.78, 5) is 24.6. The first-order valence-electron chi connectivity index (χ1n) is 18.2. The molecule has 5 rings (SSSR count). The maximum absolute atomic E-state index is 11.1. The summed E-state index contributed by atoms with van der Waals surface area (Å²) in [5, 5.41) is 2.34. The molecule has 0 N–H and O–H groups in total. The van der Waals surface area contributed by atoms with Crippen molar-refractivity contribution in [3.63, 3.8) is 0 Å². The van der Waals surface area contributed by atoms with E-state index in [9.17, 15) is 9.59 Å². The van der Waals surface area contributed by atoms with Crippen LogP contribution in [0.4, 0.5) is 0 Å². The zero-order valence-electron chi connectivity index (χ0n) is 31.1. The molecule has 5 aromatic rings. The third kappa shape index (κ3) is 14.0. The number of benzene rings is 5. The van der Waals surface area contributed by atoms with Crippen LogP contribution in [-0.4, -0.2) is 36.7 Å². The zero-order chi connectivity index (χ0) is 38.7. The lowest BCUT2D eigenvalue weighted by atomic mass is 10.1. The van der Waals surface area contributed by atoms with Crippen LogP contribution >= 0.6 is 23.5 Å². The summed E-state index contributed by atoms with van der Waals surface area (Å²) >= 11 is 3.59. The van der Waals surface area contributed by atoms with E-state index in [1.54, 1.807) is 11.8 Å². The van der Waals surface area contributed by atoms with Gasteiger partial charge in [-0.1, -0.05) is 61.1 Å². The van der Waals surface area contributed by atoms with Crippen LogP contribution in [-0.2, 0) is 25.7 Å². The number of unbranched alkanes of at least 4 members (excludes halogenated alkanes) is 2. The van der Waals surface area contributed by atoms with Crippen molar-refractivity contribution in [3.05, 3.63) is 162 Å². The van der Waals surface area contributed by atoms with E-state index in [0.29, 0.717) is 19.8 Å². The minimum absolute atomic E-state index is 0.366. The Morgan fingerprint density at radius 3 is 1.69 bits per heavy atom. The second-order valence-electron chi connectivity index (χ2n) is 12.6. The second kappa shape index (κ2) is 21.9. The highest BCUT2D eigenvalue weighted by Crippen LogP contribution is 2.26. The molecule has 0 unspecified atom stereocenters. The Morgan fingerprint density at radius 1 is 0.582 bits per heavy atom. The predicted octanol–water partition coefficient (Wildman–Crippen LogP) is 10.7. The van der Waals surface area contributed by atoms with Crippen molar-refractivity contribution in [2.24, 2.45) is 0 Å². The van der Waals surface area contributed by atoms with E-state index in [1.807, 2.05) is 55.1 Å². The molecule has 0 amide bonds. The van der Waals surface area contributed by atoms with Crippen molar-refractivity contribution in [2.75, 3.05) is 24.7 Å². The summed E-state index contributed by atoms with van der Waals surface area (Å²) in [5.41, 5.74) is 5.92. The van der Waals surface area contributed by atoms with Crippen LogP contribution in [0.1, 0.15) is 59.1 Å². The SMILES string of the molecule is C=CC(=O)OCCCCSc1ccc(C#Cc2ccc(OCc3ccc(C#Cc4ccc5cc(SCCCCOC(=O)C=C)ccc5c4)cc3)c(C)c2)cc1. The van der Waals surface area contributed by atoms with Crippen LogP contribution < -0.4 is 4.74 Å². The molecule has 0 bridgehead atoms. The maximum atomic E-state index is 11.1. The van der Waals surface area contributed by atoms with Crippen LogP contribution in [0.2, 0.25) is 0 Å². The first-order valence-corrected chi connectivity index (χ1v) is 20.2. The third-order valence-corrected chi connectivity index (χ3v) is 10.5. The number of ether oxygens (including phenoxy) is 3. The molecule has 0 saturated heterocycles. The topological polar surface area (TPSA) is 61.8 Å². The second-order valence-corrected chi connectivity index (χ2v) is 14.9. The van der Waals surface area contributed by atoms with Gasteiger partial charge in [-0.25, -0.2) is 9.59 Å². The quantitative estimate of drug-likeness (QED) is 0.0307. The van der Waals surface area contributed by atoms with Gasteiger partial charge in [0.1, 0.15) is 12.4 Å². The summed E-state index contributed by atoms with van der Waals surface area (Å²) in [6, 6.07) is 35.3. The Morgan fingerprint density at radius 2 is 1.07 bits per heavy atom. The number of hydrogen-bond donors (Lipinski definition) is 0. The summed E-state index contributed by atoms with van der Waals surface area (Å²) in [6.45, 7) is 10.2. The molecule has 0 aliphatic rings. The molecule has 5 nitrogen and oxygen atoms in total. The van der Waals surface area contributed by atoms with Crippen LogP contribution in [0.5, 0.6) is 5.75 Å². The first-order chi connectivity index (χ1) is 26.9. The van der Waals surface area contributed by atoms with Gasteiger partial charge in [-0.05, 0) is 145 Å². The fourth-order valence-corrected chi connectivity index (χ4v) is 7.17. The molecule has 7 heteroatoms. The van der Waals surface area contributed by atoms with E-state index >= 15 is 0 Å². The molecular formula is C48H44O5S2. The van der Waals surface area contributed by atoms with Gasteiger partial charge in [0, 0.05) is 44.2 Å². The monoisotopic (exact) mass is 764 g/mol. The fraction of sp³-hybridized carbons (Fsp3) is 0.208. The average molecular weight is 765 g/mol. The minimum atomic E-state index is -0.370. The van der Waals surface area contributed by atoms with E-state index in [4.69, 9.17) is 14.2 Å². The van der Waals surface area contributed by atoms with E-state index in [1.165, 1.54) is 27.3 Å². The van der Waals surface area contributed by atoms with Gasteiger partial charge in [0.05, 0.1) is 13.2 Å². The summed E-state index contributed by atoms with van der Waals surface area (Å²) in [6.07, 6.45) is 6.00. The Bertz CT molecular complexity index is 2220. The van der Waals surface area contributed by atoms with E-state index in [0.717, 1.165) is 81.7 Å². The van der Waals surface area contributed by atoms with Crippen molar-refractivity contribution in [3.8, 4) is 29.4 Å². The number of fused-ring (bicyclic) bond motifs is 1.